The van der Waals surface area contributed by atoms with Crippen molar-refractivity contribution in [3.05, 3.63) is 54.4 Å². The molecule has 7 nitrogen and oxygen atoms in total. The first kappa shape index (κ1) is 17.4. The Morgan fingerprint density at radius 3 is 2.70 bits per heavy atom. The molecule has 3 heterocycles. The van der Waals surface area contributed by atoms with Gasteiger partial charge in [-0.05, 0) is 24.0 Å². The predicted molar refractivity (Wildman–Crippen MR) is 102 cm³/mol. The molecule has 0 unspecified atom stereocenters. The average Bonchev–Trinajstić information content (AvgIpc) is 2.83. The first-order valence-electron chi connectivity index (χ1n) is 8.52. The van der Waals surface area contributed by atoms with Gasteiger partial charge in [0.05, 0.1) is 5.69 Å². The second-order valence-corrected chi connectivity index (χ2v) is 7.07. The van der Waals surface area contributed by atoms with Crippen LogP contribution >= 0.6 is 11.8 Å². The number of carbonyl (C=O) groups excluding carboxylic acids is 1. The van der Waals surface area contributed by atoms with E-state index in [1.807, 2.05) is 43.3 Å². The number of rotatable bonds is 3. The van der Waals surface area contributed by atoms with Crippen molar-refractivity contribution < 1.29 is 9.53 Å². The lowest BCUT2D eigenvalue weighted by Crippen LogP contribution is -2.36. The molecule has 3 aromatic rings. The summed E-state index contributed by atoms with van der Waals surface area (Å²) in [4.78, 5) is 22.8. The van der Waals surface area contributed by atoms with E-state index in [0.717, 1.165) is 16.9 Å². The number of hydrogen-bond acceptors (Lipinski definition) is 7. The van der Waals surface area contributed by atoms with E-state index >= 15 is 0 Å². The predicted octanol–water partition coefficient (Wildman–Crippen LogP) is 3.49. The molecule has 1 atom stereocenters. The zero-order valence-corrected chi connectivity index (χ0v) is 15.7. The molecule has 8 heteroatoms. The van der Waals surface area contributed by atoms with Gasteiger partial charge in [-0.3, -0.25) is 14.7 Å². The van der Waals surface area contributed by atoms with Gasteiger partial charge < -0.3 is 4.74 Å². The highest BCUT2D eigenvalue weighted by Crippen LogP contribution is 2.43. The lowest BCUT2D eigenvalue weighted by atomic mass is 10.1. The molecule has 0 bridgehead atoms. The van der Waals surface area contributed by atoms with Crippen LogP contribution < -0.4 is 9.64 Å². The Bertz CT molecular complexity index is 983. The molecule has 0 spiro atoms. The van der Waals surface area contributed by atoms with E-state index in [2.05, 4.69) is 20.2 Å². The maximum atomic E-state index is 12.6. The minimum Gasteiger partial charge on any atom is -0.447 e. The first-order chi connectivity index (χ1) is 13.2. The number of ether oxygens (including phenoxy) is 1. The summed E-state index contributed by atoms with van der Waals surface area (Å²) in [6.07, 6.45) is 2.67. The van der Waals surface area contributed by atoms with Crippen LogP contribution in [-0.2, 0) is 4.79 Å². The highest BCUT2D eigenvalue weighted by molar-refractivity contribution is 7.99. The van der Waals surface area contributed by atoms with Gasteiger partial charge in [0.15, 0.2) is 5.69 Å². The van der Waals surface area contributed by atoms with Crippen LogP contribution in [0.1, 0.15) is 25.6 Å². The molecule has 1 amide bonds. The maximum absolute atomic E-state index is 12.6. The van der Waals surface area contributed by atoms with Crippen molar-refractivity contribution in [2.75, 3.05) is 10.7 Å². The molecule has 0 saturated carbocycles. The average molecular weight is 379 g/mol. The molecule has 1 aromatic carbocycles. The number of hydrogen-bond donors (Lipinski definition) is 0. The van der Waals surface area contributed by atoms with Crippen LogP contribution in [0, 0.1) is 0 Å². The highest BCUT2D eigenvalue weighted by atomic mass is 32.2. The fourth-order valence-corrected chi connectivity index (χ4v) is 3.49. The molecule has 0 fully saturated rings. The van der Waals surface area contributed by atoms with Crippen molar-refractivity contribution in [1.82, 2.24) is 20.2 Å². The summed E-state index contributed by atoms with van der Waals surface area (Å²) in [5.74, 6) is 1.04. The van der Waals surface area contributed by atoms with E-state index in [1.165, 1.54) is 18.7 Å². The topological polar surface area (TPSA) is 81.1 Å². The fraction of sp³-hybridized carbons (Fsp3) is 0.211. The largest absolute Gasteiger partial charge is 0.447 e. The molecule has 1 aliphatic rings. The van der Waals surface area contributed by atoms with Crippen LogP contribution in [-0.4, -0.2) is 31.8 Å². The molecular weight excluding hydrogens is 362 g/mol. The molecular formula is C19H17N5O2S. The maximum Gasteiger partial charge on any atom is 0.247 e. The van der Waals surface area contributed by atoms with Crippen molar-refractivity contribution in [1.29, 1.82) is 0 Å². The van der Waals surface area contributed by atoms with Gasteiger partial charge in [-0.15, -0.1) is 10.2 Å². The van der Waals surface area contributed by atoms with E-state index in [9.17, 15) is 4.79 Å². The number of para-hydroxylation sites is 1. The van der Waals surface area contributed by atoms with Gasteiger partial charge in [-0.2, -0.15) is 4.98 Å². The Morgan fingerprint density at radius 1 is 1.19 bits per heavy atom. The number of amides is 1. The quantitative estimate of drug-likeness (QED) is 0.644. The summed E-state index contributed by atoms with van der Waals surface area (Å²) < 4.78 is 6.24. The van der Waals surface area contributed by atoms with Crippen molar-refractivity contribution in [2.45, 2.75) is 25.2 Å². The molecule has 0 N–H and O–H groups in total. The van der Waals surface area contributed by atoms with Crippen LogP contribution in [0.25, 0.3) is 11.3 Å². The van der Waals surface area contributed by atoms with Gasteiger partial charge in [0.1, 0.15) is 0 Å². The van der Waals surface area contributed by atoms with Gasteiger partial charge in [0.2, 0.25) is 23.2 Å². The van der Waals surface area contributed by atoms with E-state index in [-0.39, 0.29) is 5.91 Å². The monoisotopic (exact) mass is 379 g/mol. The molecule has 136 valence electrons. The number of benzene rings is 1. The summed E-state index contributed by atoms with van der Waals surface area (Å²) in [6.45, 7) is 3.54. The van der Waals surface area contributed by atoms with Gasteiger partial charge in [0.25, 0.3) is 0 Å². The van der Waals surface area contributed by atoms with Crippen molar-refractivity contribution in [3.63, 3.8) is 0 Å². The lowest BCUT2D eigenvalue weighted by Gasteiger charge is -2.29. The summed E-state index contributed by atoms with van der Waals surface area (Å²) in [6, 6.07) is 11.2. The Morgan fingerprint density at radius 2 is 1.96 bits per heavy atom. The third-order valence-electron chi connectivity index (χ3n) is 4.12. The molecule has 2 aromatic heterocycles. The Kier molecular flexibility index (Phi) is 4.72. The fourth-order valence-electron chi connectivity index (χ4n) is 2.99. The summed E-state index contributed by atoms with van der Waals surface area (Å²) >= 11 is 1.49. The lowest BCUT2D eigenvalue weighted by molar-refractivity contribution is -0.118. The molecule has 27 heavy (non-hydrogen) atoms. The van der Waals surface area contributed by atoms with Gasteiger partial charge in [-0.25, -0.2) is 0 Å². The molecule has 0 saturated heterocycles. The summed E-state index contributed by atoms with van der Waals surface area (Å²) in [5, 5.41) is 9.09. The highest BCUT2D eigenvalue weighted by Gasteiger charge is 2.34. The van der Waals surface area contributed by atoms with Crippen molar-refractivity contribution in [2.24, 2.45) is 0 Å². The van der Waals surface area contributed by atoms with E-state index in [4.69, 9.17) is 4.74 Å². The number of nitrogens with zero attached hydrogens (tertiary/aromatic N) is 5. The zero-order chi connectivity index (χ0) is 18.8. The number of pyridine rings is 1. The molecule has 0 aliphatic carbocycles. The Hall–Kier alpha value is -3.00. The van der Waals surface area contributed by atoms with E-state index in [0.29, 0.717) is 22.4 Å². The smallest absolute Gasteiger partial charge is 0.247 e. The van der Waals surface area contributed by atoms with Gasteiger partial charge in [0, 0.05) is 30.4 Å². The second kappa shape index (κ2) is 7.32. The van der Waals surface area contributed by atoms with Crippen LogP contribution in [0.4, 0.5) is 5.69 Å². The van der Waals surface area contributed by atoms with Crippen LogP contribution in [0.3, 0.4) is 0 Å². The number of carbonyl (C=O) groups is 1. The second-order valence-electron chi connectivity index (χ2n) is 5.84. The standard InChI is InChI=1S/C19H17N5O2S/c1-3-27-19-21-17-16(22-23-19)14-6-4-5-7-15(14)24(12(2)25)18(26-17)13-8-10-20-11-9-13/h4-11,18H,3H2,1-2H3/t18-/m1/s1. The Labute approximate surface area is 160 Å². The van der Waals surface area contributed by atoms with E-state index < -0.39 is 6.23 Å². The van der Waals surface area contributed by atoms with E-state index in [1.54, 1.807) is 17.3 Å². The normalized spacial score (nSPS) is 15.3. The molecule has 0 radical (unpaired) electrons. The summed E-state index contributed by atoms with van der Waals surface area (Å²) in [7, 11) is 0. The third-order valence-corrected chi connectivity index (χ3v) is 4.84. The third kappa shape index (κ3) is 3.23. The van der Waals surface area contributed by atoms with Crippen molar-refractivity contribution >= 4 is 23.4 Å². The minimum atomic E-state index is -0.677. The summed E-state index contributed by atoms with van der Waals surface area (Å²) in [5.41, 5.74) is 2.78. The van der Waals surface area contributed by atoms with Crippen molar-refractivity contribution in [3.8, 4) is 17.1 Å². The zero-order valence-electron chi connectivity index (χ0n) is 14.9. The van der Waals surface area contributed by atoms with Crippen LogP contribution in [0.5, 0.6) is 5.88 Å². The number of thioether (sulfide) groups is 1. The molecule has 4 rings (SSSR count). The minimum absolute atomic E-state index is 0.145. The Balaban J connectivity index is 1.95. The van der Waals surface area contributed by atoms with Gasteiger partial charge in [-0.1, -0.05) is 36.9 Å². The van der Waals surface area contributed by atoms with Gasteiger partial charge >= 0.3 is 0 Å². The van der Waals surface area contributed by atoms with Crippen LogP contribution in [0.2, 0.25) is 0 Å². The SMILES string of the molecule is CCSc1nnc2c(n1)O[C@H](c1ccncc1)N(C(C)=O)c1ccccc1-2. The number of anilines is 1. The number of fused-ring (bicyclic) bond motifs is 3. The van der Waals surface area contributed by atoms with Crippen LogP contribution in [0.15, 0.2) is 53.9 Å². The first-order valence-corrected chi connectivity index (χ1v) is 9.51. The molecule has 1 aliphatic heterocycles. The number of aromatic nitrogens is 4.